The third-order valence-corrected chi connectivity index (χ3v) is 3.81. The Hall–Kier alpha value is -2.40. The number of thioether (sulfide) groups is 1. The fourth-order valence-electron chi connectivity index (χ4n) is 1.89. The molecule has 0 aromatic carbocycles. The van der Waals surface area contributed by atoms with Gasteiger partial charge in [0.1, 0.15) is 11.1 Å². The van der Waals surface area contributed by atoms with Gasteiger partial charge in [0.25, 0.3) is 0 Å². The third kappa shape index (κ3) is 3.03. The molecule has 0 atom stereocenters. The van der Waals surface area contributed by atoms with E-state index in [0.717, 1.165) is 23.0 Å². The highest BCUT2D eigenvalue weighted by Gasteiger charge is 2.26. The minimum atomic E-state index is -0.711. The fourth-order valence-corrected chi connectivity index (χ4v) is 2.85. The molecule has 0 fully saturated rings. The average Bonchev–Trinajstić information content (AvgIpc) is 2.75. The SMILES string of the molecule is Cc1cc(C)c(C#N)c(SCC(=O)c2c(=O)o[nH][n+]2C)n1. The lowest BCUT2D eigenvalue weighted by molar-refractivity contribution is -0.741. The predicted molar refractivity (Wildman–Crippen MR) is 74.0 cm³/mol. The quantitative estimate of drug-likeness (QED) is 0.505. The van der Waals surface area contributed by atoms with Crippen molar-refractivity contribution in [3.63, 3.8) is 0 Å². The van der Waals surface area contributed by atoms with Crippen LogP contribution in [0, 0.1) is 25.2 Å². The van der Waals surface area contributed by atoms with Crippen LogP contribution < -0.4 is 10.3 Å². The number of aromatic nitrogens is 3. The van der Waals surface area contributed by atoms with E-state index in [0.29, 0.717) is 10.6 Å². The maximum atomic E-state index is 12.1. The summed E-state index contributed by atoms with van der Waals surface area (Å²) >= 11 is 1.13. The van der Waals surface area contributed by atoms with Gasteiger partial charge in [0.15, 0.2) is 7.05 Å². The summed E-state index contributed by atoms with van der Waals surface area (Å²) in [6, 6.07) is 3.90. The minimum absolute atomic E-state index is 0.00102. The topological polar surface area (TPSA) is 104 Å². The predicted octanol–water partition coefficient (Wildman–Crippen LogP) is 0.651. The number of aryl methyl sites for hydroxylation is 3. The van der Waals surface area contributed by atoms with E-state index in [1.807, 2.05) is 19.9 Å². The Balaban J connectivity index is 2.23. The zero-order chi connectivity index (χ0) is 15.6. The first-order chi connectivity index (χ1) is 9.93. The molecule has 1 N–H and O–H groups in total. The molecule has 0 aliphatic rings. The van der Waals surface area contributed by atoms with Crippen LogP contribution in [0.1, 0.15) is 27.3 Å². The number of nitriles is 1. The second-order valence-electron chi connectivity index (χ2n) is 4.47. The second-order valence-corrected chi connectivity index (χ2v) is 5.44. The van der Waals surface area contributed by atoms with Gasteiger partial charge >= 0.3 is 11.3 Å². The molecule has 8 heteroatoms. The van der Waals surface area contributed by atoms with Gasteiger partial charge in [-0.1, -0.05) is 16.4 Å². The Morgan fingerprint density at radius 2 is 2.29 bits per heavy atom. The molecular formula is C13H13N4O3S+. The van der Waals surface area contributed by atoms with Gasteiger partial charge in [-0.05, 0) is 30.7 Å². The van der Waals surface area contributed by atoms with E-state index in [-0.39, 0.29) is 17.2 Å². The van der Waals surface area contributed by atoms with Crippen molar-refractivity contribution < 1.29 is 14.0 Å². The van der Waals surface area contributed by atoms with Gasteiger partial charge in [0, 0.05) is 5.69 Å². The molecule has 7 nitrogen and oxygen atoms in total. The Kier molecular flexibility index (Phi) is 4.23. The maximum absolute atomic E-state index is 12.1. The van der Waals surface area contributed by atoms with Crippen LogP contribution in [-0.4, -0.2) is 21.8 Å². The van der Waals surface area contributed by atoms with Crippen molar-refractivity contribution in [1.29, 1.82) is 5.26 Å². The van der Waals surface area contributed by atoms with Crippen LogP contribution in [0.2, 0.25) is 0 Å². The first kappa shape index (κ1) is 15.0. The van der Waals surface area contributed by atoms with Crippen molar-refractivity contribution in [3.8, 4) is 6.07 Å². The van der Waals surface area contributed by atoms with Crippen LogP contribution in [0.3, 0.4) is 0 Å². The molecule has 2 aromatic rings. The summed E-state index contributed by atoms with van der Waals surface area (Å²) in [7, 11) is 1.51. The number of carbonyl (C=O) groups excluding carboxylic acids is 1. The molecular weight excluding hydrogens is 292 g/mol. The lowest BCUT2D eigenvalue weighted by Gasteiger charge is -2.05. The fraction of sp³-hybridized carbons (Fsp3) is 0.308. The molecule has 108 valence electrons. The van der Waals surface area contributed by atoms with Gasteiger partial charge in [-0.15, -0.1) is 0 Å². The molecule has 0 radical (unpaired) electrons. The van der Waals surface area contributed by atoms with Crippen LogP contribution in [0.5, 0.6) is 0 Å². The Bertz CT molecular complexity index is 801. The van der Waals surface area contributed by atoms with Crippen LogP contribution >= 0.6 is 11.8 Å². The van der Waals surface area contributed by atoms with Gasteiger partial charge < -0.3 is 0 Å². The molecule has 2 aromatic heterocycles. The van der Waals surface area contributed by atoms with E-state index in [1.54, 1.807) is 0 Å². The Labute approximate surface area is 124 Å². The molecule has 0 unspecified atom stereocenters. The lowest BCUT2D eigenvalue weighted by atomic mass is 10.1. The normalized spacial score (nSPS) is 10.4. The van der Waals surface area contributed by atoms with Crippen LogP contribution in [0.25, 0.3) is 0 Å². The zero-order valence-electron chi connectivity index (χ0n) is 11.8. The number of ketones is 1. The smallest absolute Gasteiger partial charge is 0.286 e. The lowest BCUT2D eigenvalue weighted by Crippen LogP contribution is -2.39. The number of pyridine rings is 1. The molecule has 2 heterocycles. The molecule has 0 bridgehead atoms. The van der Waals surface area contributed by atoms with E-state index >= 15 is 0 Å². The number of carbonyl (C=O) groups is 1. The zero-order valence-corrected chi connectivity index (χ0v) is 12.6. The van der Waals surface area contributed by atoms with E-state index < -0.39 is 5.63 Å². The van der Waals surface area contributed by atoms with Gasteiger partial charge in [-0.2, -0.15) is 5.26 Å². The van der Waals surface area contributed by atoms with Crippen molar-refractivity contribution in [2.45, 2.75) is 18.9 Å². The highest BCUT2D eigenvalue weighted by Crippen LogP contribution is 2.23. The highest BCUT2D eigenvalue weighted by atomic mass is 32.2. The summed E-state index contributed by atoms with van der Waals surface area (Å²) in [4.78, 5) is 27.7. The molecule has 0 saturated heterocycles. The van der Waals surface area contributed by atoms with Crippen molar-refractivity contribution in [3.05, 3.63) is 39.0 Å². The summed E-state index contributed by atoms with van der Waals surface area (Å²) < 4.78 is 5.76. The second kappa shape index (κ2) is 5.93. The molecule has 0 saturated carbocycles. The summed E-state index contributed by atoms with van der Waals surface area (Å²) in [5, 5.41) is 11.9. The standard InChI is InChI=1S/C13H12N4O3S/c1-7-4-8(2)15-12(9(7)5-14)21-6-10(18)11-13(19)20-16-17(11)3/h4H,6H2,1-3H3/p+1. The van der Waals surface area contributed by atoms with Gasteiger partial charge in [0.05, 0.1) is 11.3 Å². The summed E-state index contributed by atoms with van der Waals surface area (Å²) in [6.07, 6.45) is 0. The Morgan fingerprint density at radius 3 is 2.86 bits per heavy atom. The number of rotatable bonds is 4. The third-order valence-electron chi connectivity index (χ3n) is 2.83. The number of H-pyrrole nitrogens is 1. The number of aromatic amines is 1. The molecule has 0 aliphatic carbocycles. The van der Waals surface area contributed by atoms with Crippen LogP contribution in [0.4, 0.5) is 0 Å². The van der Waals surface area contributed by atoms with Crippen molar-refractivity contribution in [2.75, 3.05) is 5.75 Å². The van der Waals surface area contributed by atoms with E-state index in [9.17, 15) is 9.59 Å². The number of hydrogen-bond acceptors (Lipinski definition) is 6. The Morgan fingerprint density at radius 1 is 1.57 bits per heavy atom. The van der Waals surface area contributed by atoms with Crippen molar-refractivity contribution in [1.82, 2.24) is 10.3 Å². The number of nitrogens with zero attached hydrogens (tertiary/aromatic N) is 3. The van der Waals surface area contributed by atoms with Gasteiger partial charge in [-0.3, -0.25) is 9.32 Å². The van der Waals surface area contributed by atoms with E-state index in [4.69, 9.17) is 5.26 Å². The molecule has 0 aliphatic heterocycles. The summed E-state index contributed by atoms with van der Waals surface area (Å²) in [5.41, 5.74) is 1.26. The maximum Gasteiger partial charge on any atom is 0.438 e. The van der Waals surface area contributed by atoms with Crippen molar-refractivity contribution >= 4 is 17.5 Å². The van der Waals surface area contributed by atoms with Crippen molar-refractivity contribution in [2.24, 2.45) is 7.05 Å². The minimum Gasteiger partial charge on any atom is -0.286 e. The van der Waals surface area contributed by atoms with Gasteiger partial charge in [-0.25, -0.2) is 9.78 Å². The number of nitrogens with one attached hydrogen (secondary N) is 1. The molecule has 0 amide bonds. The number of hydrogen-bond donors (Lipinski definition) is 1. The number of Topliss-reactive ketones (excluding diaryl/α,β-unsaturated/α-hetero) is 1. The van der Waals surface area contributed by atoms with E-state index in [1.165, 1.54) is 11.7 Å². The average molecular weight is 305 g/mol. The largest absolute Gasteiger partial charge is 0.438 e. The van der Waals surface area contributed by atoms with E-state index in [2.05, 4.69) is 20.8 Å². The monoisotopic (exact) mass is 305 g/mol. The highest BCUT2D eigenvalue weighted by molar-refractivity contribution is 8.00. The van der Waals surface area contributed by atoms with Crippen LogP contribution in [-0.2, 0) is 7.05 Å². The molecule has 21 heavy (non-hydrogen) atoms. The first-order valence-corrected chi connectivity index (χ1v) is 7.04. The summed E-state index contributed by atoms with van der Waals surface area (Å²) in [5.74, 6) is -0.386. The molecule has 0 spiro atoms. The first-order valence-electron chi connectivity index (χ1n) is 6.06. The summed E-state index contributed by atoms with van der Waals surface area (Å²) in [6.45, 7) is 3.64. The van der Waals surface area contributed by atoms with Crippen LogP contribution in [0.15, 0.2) is 20.4 Å². The van der Waals surface area contributed by atoms with Gasteiger partial charge in [0.2, 0.25) is 5.78 Å². The molecule has 2 rings (SSSR count).